The fourth-order valence-electron chi connectivity index (χ4n) is 3.42. The highest BCUT2D eigenvalue weighted by Crippen LogP contribution is 2.28. The molecular weight excluding hydrogens is 253 g/mol. The van der Waals surface area contributed by atoms with Crippen molar-refractivity contribution in [2.75, 3.05) is 31.1 Å². The van der Waals surface area contributed by atoms with Crippen molar-refractivity contribution in [1.82, 2.24) is 4.90 Å². The molecule has 0 aromatic heterocycles. The van der Waals surface area contributed by atoms with Crippen LogP contribution in [0.5, 0.6) is 0 Å². The molecule has 3 rings (SSSR count). The van der Waals surface area contributed by atoms with Crippen molar-refractivity contribution in [3.05, 3.63) is 29.6 Å². The van der Waals surface area contributed by atoms with Crippen LogP contribution in [-0.4, -0.2) is 37.1 Å². The Labute approximate surface area is 119 Å². The zero-order valence-corrected chi connectivity index (χ0v) is 11.7. The van der Waals surface area contributed by atoms with Crippen LogP contribution in [0.4, 0.5) is 10.1 Å². The molecule has 2 saturated heterocycles. The highest BCUT2D eigenvalue weighted by atomic mass is 19.1. The van der Waals surface area contributed by atoms with E-state index in [4.69, 9.17) is 5.26 Å². The topological polar surface area (TPSA) is 30.3 Å². The molecule has 0 N–H and O–H groups in total. The van der Waals surface area contributed by atoms with E-state index in [1.807, 2.05) is 0 Å². The quantitative estimate of drug-likeness (QED) is 0.830. The SMILES string of the molecule is N#Cc1cc(F)ccc1N1CCC(N2CCCCC2)C1. The summed E-state index contributed by atoms with van der Waals surface area (Å²) >= 11 is 0. The van der Waals surface area contributed by atoms with Crippen LogP contribution in [0.3, 0.4) is 0 Å². The molecule has 0 saturated carbocycles. The molecule has 1 unspecified atom stereocenters. The van der Waals surface area contributed by atoms with E-state index < -0.39 is 0 Å². The van der Waals surface area contributed by atoms with E-state index in [0.717, 1.165) is 25.2 Å². The molecule has 20 heavy (non-hydrogen) atoms. The number of piperidine rings is 1. The van der Waals surface area contributed by atoms with Crippen LogP contribution in [0, 0.1) is 17.1 Å². The number of hydrogen-bond acceptors (Lipinski definition) is 3. The number of nitriles is 1. The van der Waals surface area contributed by atoms with Crippen LogP contribution < -0.4 is 4.90 Å². The molecule has 0 spiro atoms. The second kappa shape index (κ2) is 5.80. The van der Waals surface area contributed by atoms with Gasteiger partial charge in [0.2, 0.25) is 0 Å². The van der Waals surface area contributed by atoms with Crippen LogP contribution >= 0.6 is 0 Å². The first-order chi connectivity index (χ1) is 9.78. The van der Waals surface area contributed by atoms with Gasteiger partial charge in [-0.1, -0.05) is 6.42 Å². The lowest BCUT2D eigenvalue weighted by atomic mass is 10.1. The first-order valence-corrected chi connectivity index (χ1v) is 7.46. The van der Waals surface area contributed by atoms with Crippen molar-refractivity contribution in [2.24, 2.45) is 0 Å². The summed E-state index contributed by atoms with van der Waals surface area (Å²) < 4.78 is 13.2. The van der Waals surface area contributed by atoms with E-state index in [-0.39, 0.29) is 5.82 Å². The summed E-state index contributed by atoms with van der Waals surface area (Å²) in [6, 6.07) is 7.23. The average molecular weight is 273 g/mol. The summed E-state index contributed by atoms with van der Waals surface area (Å²) in [7, 11) is 0. The van der Waals surface area contributed by atoms with Crippen molar-refractivity contribution in [3.63, 3.8) is 0 Å². The molecular formula is C16H20FN3. The molecule has 0 bridgehead atoms. The Morgan fingerprint density at radius 2 is 1.95 bits per heavy atom. The lowest BCUT2D eigenvalue weighted by Crippen LogP contribution is -2.40. The summed E-state index contributed by atoms with van der Waals surface area (Å²) in [5.41, 5.74) is 1.33. The van der Waals surface area contributed by atoms with Gasteiger partial charge in [0.15, 0.2) is 0 Å². The van der Waals surface area contributed by atoms with Gasteiger partial charge < -0.3 is 4.90 Å². The maximum absolute atomic E-state index is 13.2. The molecule has 1 aromatic carbocycles. The Morgan fingerprint density at radius 1 is 1.15 bits per heavy atom. The van der Waals surface area contributed by atoms with Crippen LogP contribution in [0.2, 0.25) is 0 Å². The second-order valence-corrected chi connectivity index (χ2v) is 5.76. The van der Waals surface area contributed by atoms with Crippen molar-refractivity contribution in [3.8, 4) is 6.07 Å². The predicted molar refractivity (Wildman–Crippen MR) is 77.2 cm³/mol. The van der Waals surface area contributed by atoms with Gasteiger partial charge in [0.25, 0.3) is 0 Å². The van der Waals surface area contributed by atoms with Gasteiger partial charge in [-0.25, -0.2) is 4.39 Å². The van der Waals surface area contributed by atoms with E-state index in [2.05, 4.69) is 15.9 Å². The molecule has 1 aromatic rings. The van der Waals surface area contributed by atoms with E-state index >= 15 is 0 Å². The van der Waals surface area contributed by atoms with Gasteiger partial charge in [-0.15, -0.1) is 0 Å². The minimum Gasteiger partial charge on any atom is -0.369 e. The van der Waals surface area contributed by atoms with Gasteiger partial charge in [-0.2, -0.15) is 5.26 Å². The third kappa shape index (κ3) is 2.64. The standard InChI is InChI=1S/C16H20FN3/c17-14-4-5-16(13(10-14)11-18)20-9-6-15(12-20)19-7-2-1-3-8-19/h4-5,10,15H,1-3,6-9,12H2. The Kier molecular flexibility index (Phi) is 3.88. The third-order valence-electron chi connectivity index (χ3n) is 4.49. The first-order valence-electron chi connectivity index (χ1n) is 7.46. The number of likely N-dealkylation sites (tertiary alicyclic amines) is 1. The molecule has 0 radical (unpaired) electrons. The van der Waals surface area contributed by atoms with Gasteiger partial charge in [0, 0.05) is 19.1 Å². The van der Waals surface area contributed by atoms with Crippen molar-refractivity contribution < 1.29 is 4.39 Å². The Hall–Kier alpha value is -1.60. The Morgan fingerprint density at radius 3 is 2.70 bits per heavy atom. The van der Waals surface area contributed by atoms with Crippen LogP contribution in [0.15, 0.2) is 18.2 Å². The molecule has 4 heteroatoms. The highest BCUT2D eigenvalue weighted by Gasteiger charge is 2.29. The summed E-state index contributed by atoms with van der Waals surface area (Å²) in [4.78, 5) is 4.82. The molecule has 1 atom stereocenters. The van der Waals surface area contributed by atoms with Crippen molar-refractivity contribution in [1.29, 1.82) is 5.26 Å². The number of anilines is 1. The lowest BCUT2D eigenvalue weighted by Gasteiger charge is -2.32. The third-order valence-corrected chi connectivity index (χ3v) is 4.49. The average Bonchev–Trinajstić information content (AvgIpc) is 2.97. The minimum absolute atomic E-state index is 0.336. The molecule has 3 nitrogen and oxygen atoms in total. The summed E-state index contributed by atoms with van der Waals surface area (Å²) in [5, 5.41) is 9.16. The fourth-order valence-corrected chi connectivity index (χ4v) is 3.42. The fraction of sp³-hybridized carbons (Fsp3) is 0.562. The van der Waals surface area contributed by atoms with E-state index in [1.165, 1.54) is 44.5 Å². The highest BCUT2D eigenvalue weighted by molar-refractivity contribution is 5.60. The largest absolute Gasteiger partial charge is 0.369 e. The normalized spacial score (nSPS) is 23.8. The zero-order chi connectivity index (χ0) is 13.9. The minimum atomic E-state index is -0.336. The van der Waals surface area contributed by atoms with Gasteiger partial charge >= 0.3 is 0 Å². The first kappa shape index (κ1) is 13.4. The number of rotatable bonds is 2. The Bertz CT molecular complexity index is 517. The van der Waals surface area contributed by atoms with Gasteiger partial charge in [-0.05, 0) is 50.6 Å². The van der Waals surface area contributed by atoms with Crippen LogP contribution in [-0.2, 0) is 0 Å². The molecule has 106 valence electrons. The predicted octanol–water partition coefficient (Wildman–Crippen LogP) is 2.76. The van der Waals surface area contributed by atoms with E-state index in [9.17, 15) is 4.39 Å². The number of halogens is 1. The van der Waals surface area contributed by atoms with Crippen molar-refractivity contribution >= 4 is 5.69 Å². The molecule has 2 aliphatic heterocycles. The molecule has 2 heterocycles. The second-order valence-electron chi connectivity index (χ2n) is 5.76. The molecule has 0 amide bonds. The molecule has 2 aliphatic rings. The summed E-state index contributed by atoms with van der Waals surface area (Å²) in [5.74, 6) is -0.336. The smallest absolute Gasteiger partial charge is 0.124 e. The zero-order valence-electron chi connectivity index (χ0n) is 11.7. The molecule has 2 fully saturated rings. The van der Waals surface area contributed by atoms with E-state index in [1.54, 1.807) is 6.07 Å². The number of nitrogens with zero attached hydrogens (tertiary/aromatic N) is 3. The number of hydrogen-bond donors (Lipinski definition) is 0. The van der Waals surface area contributed by atoms with Crippen LogP contribution in [0.1, 0.15) is 31.2 Å². The van der Waals surface area contributed by atoms with Crippen LogP contribution in [0.25, 0.3) is 0 Å². The maximum atomic E-state index is 13.2. The summed E-state index contributed by atoms with van der Waals surface area (Å²) in [6.07, 6.45) is 5.10. The van der Waals surface area contributed by atoms with Gasteiger partial charge in [0.05, 0.1) is 11.3 Å². The van der Waals surface area contributed by atoms with E-state index in [0.29, 0.717) is 11.6 Å². The maximum Gasteiger partial charge on any atom is 0.124 e. The lowest BCUT2D eigenvalue weighted by molar-refractivity contribution is 0.175. The summed E-state index contributed by atoms with van der Waals surface area (Å²) in [6.45, 7) is 4.32. The van der Waals surface area contributed by atoms with Gasteiger partial charge in [-0.3, -0.25) is 4.90 Å². The van der Waals surface area contributed by atoms with Crippen molar-refractivity contribution in [2.45, 2.75) is 31.7 Å². The molecule has 0 aliphatic carbocycles. The monoisotopic (exact) mass is 273 g/mol. The Balaban J connectivity index is 1.72. The number of benzene rings is 1. The van der Waals surface area contributed by atoms with Gasteiger partial charge in [0.1, 0.15) is 11.9 Å².